The van der Waals surface area contributed by atoms with Crippen LogP contribution in [0.15, 0.2) is 72.2 Å². The van der Waals surface area contributed by atoms with Gasteiger partial charge in [0.15, 0.2) is 10.9 Å². The molecule has 2 unspecified atom stereocenters. The van der Waals surface area contributed by atoms with Crippen molar-refractivity contribution < 1.29 is 42.7 Å². The van der Waals surface area contributed by atoms with Crippen LogP contribution in [-0.4, -0.2) is 122 Å². The maximum absolute atomic E-state index is 15.5. The van der Waals surface area contributed by atoms with Crippen molar-refractivity contribution in [3.8, 4) is 17.0 Å². The quantitative estimate of drug-likeness (QED) is 0.167. The number of fused-ring (bicyclic) bond motifs is 2. The zero-order chi connectivity index (χ0) is 45.8. The number of carbonyl (C=O) groups is 6. The summed E-state index contributed by atoms with van der Waals surface area (Å²) in [5.41, 5.74) is 2.37. The number of hydrogen-bond donors (Lipinski definition) is 3. The summed E-state index contributed by atoms with van der Waals surface area (Å²) in [7, 11) is 0. The summed E-state index contributed by atoms with van der Waals surface area (Å²) in [6, 6.07) is 12.4. The number of piperazine rings is 1. The topological polar surface area (TPSA) is 202 Å². The Morgan fingerprint density at radius 3 is 2.32 bits per heavy atom. The van der Waals surface area contributed by atoms with E-state index in [1.54, 1.807) is 17.5 Å². The first kappa shape index (κ1) is 42.7. The van der Waals surface area contributed by atoms with Gasteiger partial charge in [-0.15, -0.1) is 21.5 Å². The van der Waals surface area contributed by atoms with Gasteiger partial charge in [0.2, 0.25) is 11.8 Å². The maximum Gasteiger partial charge on any atom is 0.262 e. The lowest BCUT2D eigenvalue weighted by atomic mass is 9.96. The van der Waals surface area contributed by atoms with Gasteiger partial charge >= 0.3 is 0 Å². The number of nitrogens with one attached hydrogen (secondary N) is 2. The maximum atomic E-state index is 15.5. The molecule has 5 aromatic rings. The third-order valence-electron chi connectivity index (χ3n) is 13.1. The molecule has 20 heteroatoms. The molecule has 2 atom stereocenters. The number of benzene rings is 3. The highest BCUT2D eigenvalue weighted by Crippen LogP contribution is 2.38. The minimum Gasteiger partial charge on any atom is -0.508 e. The first-order valence-corrected chi connectivity index (χ1v) is 22.5. The molecule has 5 aliphatic rings. The number of aromatic nitrogens is 3. The highest BCUT2D eigenvalue weighted by Gasteiger charge is 2.46. The van der Waals surface area contributed by atoms with Gasteiger partial charge in [0.1, 0.15) is 29.5 Å². The molecule has 338 valence electrons. The molecule has 7 heterocycles. The zero-order valence-electron chi connectivity index (χ0n) is 35.3. The van der Waals surface area contributed by atoms with E-state index < -0.39 is 59.2 Å². The zero-order valence-corrected chi connectivity index (χ0v) is 36.1. The molecule has 3 aromatic carbocycles. The van der Waals surface area contributed by atoms with Crippen molar-refractivity contribution in [2.75, 3.05) is 60.9 Å². The summed E-state index contributed by atoms with van der Waals surface area (Å²) in [4.78, 5) is 90.9. The minimum atomic E-state index is -1.35. The number of phenolic OH excluding ortho intramolecular Hbond substituents is 1. The molecule has 2 aromatic heterocycles. The molecule has 3 fully saturated rings. The second-order valence-corrected chi connectivity index (χ2v) is 17.9. The number of aromatic hydroxyl groups is 1. The lowest BCUT2D eigenvalue weighted by molar-refractivity contribution is -0.136. The van der Waals surface area contributed by atoms with E-state index in [9.17, 15) is 38.3 Å². The van der Waals surface area contributed by atoms with Gasteiger partial charge in [-0.25, -0.2) is 13.8 Å². The third kappa shape index (κ3) is 7.99. The molecule has 0 bridgehead atoms. The van der Waals surface area contributed by atoms with Gasteiger partial charge in [-0.1, -0.05) is 12.1 Å². The number of nitrogens with zero attached hydrogens (tertiary/aromatic N) is 8. The summed E-state index contributed by atoms with van der Waals surface area (Å²) >= 11 is 1.19. The fraction of sp³-hybridized carbons (Fsp3) is 0.326. The summed E-state index contributed by atoms with van der Waals surface area (Å²) < 4.78 is 29.9. The Labute approximate surface area is 380 Å². The van der Waals surface area contributed by atoms with Crippen LogP contribution in [0, 0.1) is 17.6 Å². The molecule has 17 nitrogen and oxygen atoms in total. The average Bonchev–Trinajstić information content (AvgIpc) is 4.01. The Balaban J connectivity index is 0.733. The molecule has 10 rings (SSSR count). The van der Waals surface area contributed by atoms with Gasteiger partial charge in [0, 0.05) is 87.0 Å². The summed E-state index contributed by atoms with van der Waals surface area (Å²) in [6.45, 7) is 4.91. The minimum absolute atomic E-state index is 0.000620. The fourth-order valence-corrected chi connectivity index (χ4v) is 10.1. The lowest BCUT2D eigenvalue weighted by Gasteiger charge is -2.39. The Morgan fingerprint density at radius 1 is 0.833 bits per heavy atom. The van der Waals surface area contributed by atoms with E-state index in [0.29, 0.717) is 59.6 Å². The number of halogens is 2. The number of anilines is 3. The van der Waals surface area contributed by atoms with E-state index in [0.717, 1.165) is 67.5 Å². The van der Waals surface area contributed by atoms with Gasteiger partial charge in [0.25, 0.3) is 23.6 Å². The van der Waals surface area contributed by atoms with Crippen LogP contribution in [0.3, 0.4) is 0 Å². The van der Waals surface area contributed by atoms with E-state index in [2.05, 4.69) is 35.6 Å². The number of amides is 6. The van der Waals surface area contributed by atoms with Crippen LogP contribution in [-0.2, 0) is 20.9 Å². The summed E-state index contributed by atoms with van der Waals surface area (Å²) in [6.07, 6.45) is 3.41. The van der Waals surface area contributed by atoms with Crippen LogP contribution in [0.25, 0.3) is 11.3 Å². The SMILES string of the molecule is O=C1CCC(N2C(=O)c3cc(F)c(N4CCN(CC5CCN(c6ccc(-c7ccc8c(c7)C(=O)N(C(C(=O)Nc7nccs7)c7cc(F)ccc7O)C8)nn6)CC5)CC4)cc3C2=O)C(=O)N1. The van der Waals surface area contributed by atoms with Gasteiger partial charge < -0.3 is 19.8 Å². The number of piperidine rings is 2. The number of carbonyl (C=O) groups excluding carboxylic acids is 6. The first-order valence-electron chi connectivity index (χ1n) is 21.6. The monoisotopic (exact) mass is 916 g/mol. The highest BCUT2D eigenvalue weighted by molar-refractivity contribution is 7.13. The van der Waals surface area contributed by atoms with Crippen molar-refractivity contribution in [3.05, 3.63) is 112 Å². The van der Waals surface area contributed by atoms with Gasteiger partial charge in [0.05, 0.1) is 22.5 Å². The van der Waals surface area contributed by atoms with Gasteiger partial charge in [-0.3, -0.25) is 49.2 Å². The second kappa shape index (κ2) is 17.3. The van der Waals surface area contributed by atoms with Crippen LogP contribution < -0.4 is 20.4 Å². The molecule has 6 amide bonds. The van der Waals surface area contributed by atoms with E-state index in [-0.39, 0.29) is 47.5 Å². The first-order chi connectivity index (χ1) is 31.9. The van der Waals surface area contributed by atoms with E-state index >= 15 is 4.39 Å². The third-order valence-corrected chi connectivity index (χ3v) is 13.8. The number of phenols is 1. The smallest absolute Gasteiger partial charge is 0.262 e. The fourth-order valence-electron chi connectivity index (χ4n) is 9.60. The number of imide groups is 2. The van der Waals surface area contributed by atoms with Gasteiger partial charge in [-0.2, -0.15) is 0 Å². The second-order valence-electron chi connectivity index (χ2n) is 17.0. The molecule has 0 radical (unpaired) electrons. The predicted molar refractivity (Wildman–Crippen MR) is 236 cm³/mol. The number of hydrogen-bond acceptors (Lipinski definition) is 14. The number of rotatable bonds is 10. The molecular formula is C46H42F2N10O7S. The van der Waals surface area contributed by atoms with Crippen molar-refractivity contribution in [3.63, 3.8) is 0 Å². The van der Waals surface area contributed by atoms with Crippen molar-refractivity contribution >= 4 is 63.4 Å². The Kier molecular flexibility index (Phi) is 11.2. The van der Waals surface area contributed by atoms with Crippen LogP contribution >= 0.6 is 11.3 Å². The highest BCUT2D eigenvalue weighted by atomic mass is 32.1. The van der Waals surface area contributed by atoms with Crippen LogP contribution in [0.1, 0.15) is 73.9 Å². The normalized spacial score (nSPS) is 19.6. The molecule has 3 N–H and O–H groups in total. The molecule has 3 saturated heterocycles. The molecule has 0 spiro atoms. The summed E-state index contributed by atoms with van der Waals surface area (Å²) in [5.74, 6) is -4.15. The van der Waals surface area contributed by atoms with Crippen LogP contribution in [0.2, 0.25) is 0 Å². The molecule has 5 aliphatic heterocycles. The van der Waals surface area contributed by atoms with Crippen molar-refractivity contribution in [2.45, 2.75) is 44.3 Å². The van der Waals surface area contributed by atoms with Crippen LogP contribution in [0.5, 0.6) is 5.75 Å². The molecule has 66 heavy (non-hydrogen) atoms. The Morgan fingerprint density at radius 2 is 1.61 bits per heavy atom. The summed E-state index contributed by atoms with van der Waals surface area (Å²) in [5, 5.41) is 26.6. The largest absolute Gasteiger partial charge is 0.508 e. The van der Waals surface area contributed by atoms with Gasteiger partial charge in [-0.05, 0) is 79.3 Å². The van der Waals surface area contributed by atoms with Crippen LogP contribution in [0.4, 0.5) is 25.4 Å². The standard InChI is InChI=1S/C46H42F2N10O7S/c47-28-3-6-37(59)32(20-28)40(42(62)51-46-49-11-18-66-46)57-24-27-2-1-26(19-29(27)43(57)63)34-4-7-38(53-52-34)56-12-9-25(10-13-56)23-54-14-16-55(17-15-54)36-22-31-30(21-33(36)48)44(64)58(45(31)65)35-5-8-39(60)50-41(35)61/h1-4,6-7,11,18-22,25,35,40,59H,5,8-10,12-17,23-24H2,(H,49,51,62)(H,50,60,61). The molecular weight excluding hydrogens is 875 g/mol. The lowest BCUT2D eigenvalue weighted by Crippen LogP contribution is -2.54. The van der Waals surface area contributed by atoms with Crippen molar-refractivity contribution in [2.24, 2.45) is 5.92 Å². The molecule has 0 saturated carbocycles. The Bertz CT molecular complexity index is 2800. The average molecular weight is 917 g/mol. The van der Waals surface area contributed by atoms with E-state index in [1.807, 2.05) is 23.1 Å². The van der Waals surface area contributed by atoms with Crippen molar-refractivity contribution in [1.29, 1.82) is 0 Å². The van der Waals surface area contributed by atoms with E-state index in [4.69, 9.17) is 0 Å². The van der Waals surface area contributed by atoms with E-state index in [1.165, 1.54) is 28.5 Å². The predicted octanol–water partition coefficient (Wildman–Crippen LogP) is 4.36. The van der Waals surface area contributed by atoms with Crippen molar-refractivity contribution in [1.82, 2.24) is 35.2 Å². The Hall–Kier alpha value is -7.19. The molecule has 0 aliphatic carbocycles. The number of thiazole rings is 1.